The van der Waals surface area contributed by atoms with Crippen LogP contribution < -0.4 is 9.44 Å². The molecule has 2 heterocycles. The molecule has 9 heteroatoms. The van der Waals surface area contributed by atoms with Crippen molar-refractivity contribution < 1.29 is 13.2 Å². The van der Waals surface area contributed by atoms with Crippen molar-refractivity contribution in [2.24, 2.45) is 7.05 Å². The molecule has 2 aromatic heterocycles. The third-order valence-corrected chi connectivity index (χ3v) is 5.82. The number of nitrogens with zero attached hydrogens (tertiary/aromatic N) is 3. The minimum Gasteiger partial charge on any atom is -0.301 e. The zero-order valence-corrected chi connectivity index (χ0v) is 18.5. The number of hydrogen-bond acceptors (Lipinski definition) is 4. The second-order valence-corrected chi connectivity index (χ2v) is 8.74. The fourth-order valence-electron chi connectivity index (χ4n) is 3.33. The van der Waals surface area contributed by atoms with Gasteiger partial charge in [-0.3, -0.25) is 9.48 Å². The van der Waals surface area contributed by atoms with Crippen molar-refractivity contribution in [2.45, 2.75) is 33.6 Å². The molecule has 0 saturated carbocycles. The lowest BCUT2D eigenvalue weighted by Crippen LogP contribution is -2.39. The Hall–Kier alpha value is -2.91. The van der Waals surface area contributed by atoms with Crippen molar-refractivity contribution in [3.8, 4) is 5.82 Å². The summed E-state index contributed by atoms with van der Waals surface area (Å²) in [5.74, 6) is 0.0699. The van der Waals surface area contributed by atoms with Gasteiger partial charge in [0.25, 0.3) is 5.91 Å². The van der Waals surface area contributed by atoms with E-state index in [0.717, 1.165) is 34.4 Å². The monoisotopic (exact) mass is 429 g/mol. The molecule has 0 fully saturated rings. The third kappa shape index (κ3) is 4.80. The summed E-state index contributed by atoms with van der Waals surface area (Å²) in [6.07, 6.45) is 6.32. The minimum atomic E-state index is -3.88. The van der Waals surface area contributed by atoms with Gasteiger partial charge in [-0.25, -0.2) is 4.72 Å². The van der Waals surface area contributed by atoms with E-state index < -0.39 is 16.1 Å². The first-order valence-electron chi connectivity index (χ1n) is 9.83. The number of unbranched alkanes of at least 4 members (excludes halogenated alkanes) is 1. The number of rotatable bonds is 8. The van der Waals surface area contributed by atoms with Crippen LogP contribution in [-0.2, 0) is 22.1 Å². The van der Waals surface area contributed by atoms with E-state index in [2.05, 4.69) is 15.9 Å². The number of aryl methyl sites for hydroxylation is 3. The van der Waals surface area contributed by atoms with Crippen LogP contribution in [0.5, 0.6) is 0 Å². The normalized spacial score (nSPS) is 12.1. The standard InChI is InChI=1S/C21H27N5O3S/c1-5-6-12-22-30(28,29)24-20(27)10-8-18-16(3)23-25(4)21(18)26-13-11-17-14-15(2)7-9-19(17)26/h7-11,13-14,22H,5-6,12H2,1-4H3,(H,24,27)/b10-8+. The highest BCUT2D eigenvalue weighted by atomic mass is 32.2. The smallest absolute Gasteiger partial charge is 0.301 e. The Morgan fingerprint density at radius 1 is 1.23 bits per heavy atom. The highest BCUT2D eigenvalue weighted by molar-refractivity contribution is 7.88. The van der Waals surface area contributed by atoms with Crippen LogP contribution in [0.1, 0.15) is 36.6 Å². The molecular formula is C21H27N5O3S. The number of benzene rings is 1. The summed E-state index contributed by atoms with van der Waals surface area (Å²) in [5, 5.41) is 5.58. The molecule has 3 rings (SSSR count). The summed E-state index contributed by atoms with van der Waals surface area (Å²) >= 11 is 0. The predicted octanol–water partition coefficient (Wildman–Crippen LogP) is 2.74. The van der Waals surface area contributed by atoms with Crippen LogP contribution in [0.3, 0.4) is 0 Å². The molecule has 160 valence electrons. The molecule has 0 aliphatic rings. The Balaban J connectivity index is 1.88. The number of nitrogens with one attached hydrogen (secondary N) is 2. The maximum atomic E-state index is 12.2. The van der Waals surface area contributed by atoms with Gasteiger partial charge in [-0.15, -0.1) is 0 Å². The van der Waals surface area contributed by atoms with Crippen molar-refractivity contribution in [2.75, 3.05) is 6.54 Å². The van der Waals surface area contributed by atoms with Crippen LogP contribution in [0.4, 0.5) is 0 Å². The number of carbonyl (C=O) groups is 1. The lowest BCUT2D eigenvalue weighted by Gasteiger charge is -2.08. The van der Waals surface area contributed by atoms with E-state index in [1.807, 2.05) is 61.5 Å². The van der Waals surface area contributed by atoms with Gasteiger partial charge in [0.05, 0.1) is 11.2 Å². The molecule has 0 unspecified atom stereocenters. The Morgan fingerprint density at radius 3 is 2.73 bits per heavy atom. The van der Waals surface area contributed by atoms with Crippen LogP contribution in [0.25, 0.3) is 22.8 Å². The van der Waals surface area contributed by atoms with Crippen LogP contribution in [0, 0.1) is 13.8 Å². The minimum absolute atomic E-state index is 0.287. The molecule has 0 saturated heterocycles. The maximum absolute atomic E-state index is 12.2. The Kier molecular flexibility index (Phi) is 6.42. The van der Waals surface area contributed by atoms with Crippen LogP contribution in [0.15, 0.2) is 36.5 Å². The Labute approximate surface area is 176 Å². The van der Waals surface area contributed by atoms with E-state index in [9.17, 15) is 13.2 Å². The summed E-state index contributed by atoms with van der Waals surface area (Å²) in [4.78, 5) is 12.2. The molecule has 0 aliphatic heterocycles. The molecular weight excluding hydrogens is 402 g/mol. The first kappa shape index (κ1) is 21.8. The number of hydrogen-bond donors (Lipinski definition) is 2. The summed E-state index contributed by atoms with van der Waals surface area (Å²) in [7, 11) is -2.04. The van der Waals surface area contributed by atoms with Gasteiger partial charge in [0.15, 0.2) is 0 Å². The Bertz CT molecular complexity index is 1200. The average Bonchev–Trinajstić information content (AvgIpc) is 3.18. The second kappa shape index (κ2) is 8.85. The number of carbonyl (C=O) groups excluding carboxylic acids is 1. The van der Waals surface area contributed by atoms with Gasteiger partial charge in [0.1, 0.15) is 5.82 Å². The third-order valence-electron chi connectivity index (χ3n) is 4.77. The summed E-state index contributed by atoms with van der Waals surface area (Å²) in [6, 6.07) is 8.22. The van der Waals surface area contributed by atoms with Crippen molar-refractivity contribution in [1.82, 2.24) is 23.8 Å². The average molecular weight is 430 g/mol. The molecule has 3 aromatic rings. The predicted molar refractivity (Wildman–Crippen MR) is 119 cm³/mol. The maximum Gasteiger partial charge on any atom is 0.301 e. The summed E-state index contributed by atoms with van der Waals surface area (Å²) in [6.45, 7) is 6.14. The van der Waals surface area contributed by atoms with Gasteiger partial charge in [0, 0.05) is 36.8 Å². The van der Waals surface area contributed by atoms with Crippen LogP contribution in [0.2, 0.25) is 0 Å². The van der Waals surface area contributed by atoms with Gasteiger partial charge in [-0.05, 0) is 44.5 Å². The highest BCUT2D eigenvalue weighted by Crippen LogP contribution is 2.26. The van der Waals surface area contributed by atoms with E-state index in [0.29, 0.717) is 6.42 Å². The summed E-state index contributed by atoms with van der Waals surface area (Å²) in [5.41, 5.74) is 3.66. The van der Waals surface area contributed by atoms with Crippen molar-refractivity contribution >= 4 is 33.1 Å². The van der Waals surface area contributed by atoms with Crippen LogP contribution in [-0.4, -0.2) is 35.2 Å². The van der Waals surface area contributed by atoms with E-state index in [1.165, 1.54) is 11.6 Å². The van der Waals surface area contributed by atoms with Gasteiger partial charge >= 0.3 is 10.2 Å². The zero-order valence-electron chi connectivity index (χ0n) is 17.6. The molecule has 8 nitrogen and oxygen atoms in total. The Morgan fingerprint density at radius 2 is 2.00 bits per heavy atom. The lowest BCUT2D eigenvalue weighted by molar-refractivity contribution is -0.114. The fraction of sp³-hybridized carbons (Fsp3) is 0.333. The largest absolute Gasteiger partial charge is 0.301 e. The summed E-state index contributed by atoms with van der Waals surface area (Å²) < 4.78 is 32.0. The second-order valence-electron chi connectivity index (χ2n) is 7.25. The van der Waals surface area contributed by atoms with Gasteiger partial charge in [-0.2, -0.15) is 18.2 Å². The van der Waals surface area contributed by atoms with E-state index in [4.69, 9.17) is 0 Å². The number of amides is 1. The molecule has 1 amide bonds. The lowest BCUT2D eigenvalue weighted by atomic mass is 10.2. The molecule has 1 aromatic carbocycles. The first-order chi connectivity index (χ1) is 14.2. The zero-order chi connectivity index (χ0) is 21.9. The molecule has 0 atom stereocenters. The molecule has 0 radical (unpaired) electrons. The first-order valence-corrected chi connectivity index (χ1v) is 11.3. The number of aromatic nitrogens is 3. The quantitative estimate of drug-likeness (QED) is 0.425. The molecule has 2 N–H and O–H groups in total. The van der Waals surface area contributed by atoms with Crippen LogP contribution >= 0.6 is 0 Å². The topological polar surface area (TPSA) is 98.0 Å². The van der Waals surface area contributed by atoms with Crippen molar-refractivity contribution in [1.29, 1.82) is 0 Å². The molecule has 0 spiro atoms. The van der Waals surface area contributed by atoms with Gasteiger partial charge < -0.3 is 4.57 Å². The van der Waals surface area contributed by atoms with Crippen molar-refractivity contribution in [3.05, 3.63) is 53.4 Å². The fourth-order valence-corrected chi connectivity index (χ4v) is 4.15. The van der Waals surface area contributed by atoms with Crippen molar-refractivity contribution in [3.63, 3.8) is 0 Å². The SMILES string of the molecule is CCCCNS(=O)(=O)NC(=O)/C=C/c1c(C)nn(C)c1-n1ccc2cc(C)ccc21. The van der Waals surface area contributed by atoms with E-state index >= 15 is 0 Å². The highest BCUT2D eigenvalue weighted by Gasteiger charge is 2.16. The van der Waals surface area contributed by atoms with E-state index in [-0.39, 0.29) is 6.54 Å². The van der Waals surface area contributed by atoms with E-state index in [1.54, 1.807) is 10.8 Å². The molecule has 0 aliphatic carbocycles. The number of fused-ring (bicyclic) bond motifs is 1. The van der Waals surface area contributed by atoms with Gasteiger partial charge in [0.2, 0.25) is 0 Å². The molecule has 0 bridgehead atoms. The van der Waals surface area contributed by atoms with Gasteiger partial charge in [-0.1, -0.05) is 25.0 Å². The molecule has 30 heavy (non-hydrogen) atoms.